The van der Waals surface area contributed by atoms with E-state index in [1.807, 2.05) is 42.5 Å². The fourth-order valence-corrected chi connectivity index (χ4v) is 2.58. The molecule has 0 aromatic heterocycles. The first-order chi connectivity index (χ1) is 13.7. The van der Waals surface area contributed by atoms with Crippen molar-refractivity contribution < 1.29 is 19.0 Å². The van der Waals surface area contributed by atoms with Gasteiger partial charge in [0.05, 0.1) is 13.7 Å². The lowest BCUT2D eigenvalue weighted by atomic mass is 10.2. The summed E-state index contributed by atoms with van der Waals surface area (Å²) in [5.41, 5.74) is 1.93. The largest absolute Gasteiger partial charge is 0.497 e. The number of methoxy groups -OCH3 is 1. The Kier molecular flexibility index (Phi) is 6.90. The van der Waals surface area contributed by atoms with Gasteiger partial charge in [0.25, 0.3) is 5.91 Å². The zero-order valence-corrected chi connectivity index (χ0v) is 15.8. The van der Waals surface area contributed by atoms with Gasteiger partial charge in [-0.15, -0.1) is 0 Å². The van der Waals surface area contributed by atoms with Crippen molar-refractivity contribution in [1.29, 1.82) is 0 Å². The molecule has 0 saturated heterocycles. The highest BCUT2D eigenvalue weighted by Gasteiger charge is 2.05. The Labute approximate surface area is 164 Å². The molecule has 0 heterocycles. The monoisotopic (exact) mass is 377 g/mol. The topological polar surface area (TPSA) is 56.8 Å². The minimum absolute atomic E-state index is 0.0678. The first-order valence-corrected chi connectivity index (χ1v) is 9.06. The molecule has 3 aromatic carbocycles. The lowest BCUT2D eigenvalue weighted by Gasteiger charge is -2.10. The molecule has 1 amide bonds. The Balaban J connectivity index is 1.40. The molecular weight excluding hydrogens is 354 g/mol. The van der Waals surface area contributed by atoms with Crippen LogP contribution in [0.3, 0.4) is 0 Å². The summed E-state index contributed by atoms with van der Waals surface area (Å²) in [7, 11) is 1.60. The summed E-state index contributed by atoms with van der Waals surface area (Å²) in [6.07, 6.45) is 0.849. The summed E-state index contributed by atoms with van der Waals surface area (Å²) in [5.74, 6) is 1.89. The first-order valence-electron chi connectivity index (χ1n) is 9.06. The molecule has 1 N–H and O–H groups in total. The van der Waals surface area contributed by atoms with Crippen LogP contribution in [-0.4, -0.2) is 26.2 Å². The highest BCUT2D eigenvalue weighted by atomic mass is 16.5. The van der Waals surface area contributed by atoms with E-state index in [-0.39, 0.29) is 12.5 Å². The van der Waals surface area contributed by atoms with Crippen LogP contribution in [0.25, 0.3) is 0 Å². The fourth-order valence-electron chi connectivity index (χ4n) is 2.58. The third-order valence-corrected chi connectivity index (χ3v) is 4.07. The van der Waals surface area contributed by atoms with Gasteiger partial charge in [-0.05, 0) is 54.1 Å². The summed E-state index contributed by atoms with van der Waals surface area (Å²) >= 11 is 0. The van der Waals surface area contributed by atoms with E-state index in [1.54, 1.807) is 31.4 Å². The summed E-state index contributed by atoms with van der Waals surface area (Å²) in [5, 5.41) is 2.80. The smallest absolute Gasteiger partial charge is 0.262 e. The van der Waals surface area contributed by atoms with Crippen LogP contribution in [0, 0.1) is 0 Å². The van der Waals surface area contributed by atoms with Gasteiger partial charge in [0.2, 0.25) is 0 Å². The molecule has 5 nitrogen and oxygen atoms in total. The number of hydrogen-bond acceptors (Lipinski definition) is 4. The summed E-state index contributed by atoms with van der Waals surface area (Å²) < 4.78 is 16.3. The Morgan fingerprint density at radius 3 is 2.07 bits per heavy atom. The number of amides is 1. The first kappa shape index (κ1) is 19.3. The van der Waals surface area contributed by atoms with Gasteiger partial charge in [-0.2, -0.15) is 0 Å². The second-order valence-electron chi connectivity index (χ2n) is 6.12. The predicted octanol–water partition coefficient (Wildman–Crippen LogP) is 4.33. The molecule has 144 valence electrons. The highest BCUT2D eigenvalue weighted by molar-refractivity contribution is 5.91. The standard InChI is InChI=1S/C23H23NO4/c1-26-20-11-13-22(14-12-20)28-17-23(25)24-19-7-9-21(10-8-19)27-16-15-18-5-3-2-4-6-18/h2-14H,15-17H2,1H3,(H,24,25). The maximum atomic E-state index is 12.0. The lowest BCUT2D eigenvalue weighted by Crippen LogP contribution is -2.20. The SMILES string of the molecule is COc1ccc(OCC(=O)Nc2ccc(OCCc3ccccc3)cc2)cc1. The fraction of sp³-hybridized carbons (Fsp3) is 0.174. The van der Waals surface area contributed by atoms with Crippen molar-refractivity contribution in [3.63, 3.8) is 0 Å². The van der Waals surface area contributed by atoms with E-state index in [4.69, 9.17) is 14.2 Å². The van der Waals surface area contributed by atoms with Gasteiger partial charge in [0.15, 0.2) is 6.61 Å². The maximum Gasteiger partial charge on any atom is 0.262 e. The van der Waals surface area contributed by atoms with E-state index in [2.05, 4.69) is 17.4 Å². The molecule has 0 spiro atoms. The van der Waals surface area contributed by atoms with Crippen LogP contribution >= 0.6 is 0 Å². The maximum absolute atomic E-state index is 12.0. The lowest BCUT2D eigenvalue weighted by molar-refractivity contribution is -0.118. The van der Waals surface area contributed by atoms with E-state index in [0.29, 0.717) is 18.0 Å². The Morgan fingerprint density at radius 2 is 1.39 bits per heavy atom. The van der Waals surface area contributed by atoms with Gasteiger partial charge >= 0.3 is 0 Å². The number of carbonyl (C=O) groups excluding carboxylic acids is 1. The molecule has 3 rings (SSSR count). The number of hydrogen-bond donors (Lipinski definition) is 1. The van der Waals surface area contributed by atoms with Crippen molar-refractivity contribution >= 4 is 11.6 Å². The zero-order chi connectivity index (χ0) is 19.6. The zero-order valence-electron chi connectivity index (χ0n) is 15.8. The third kappa shape index (κ3) is 6.06. The van der Waals surface area contributed by atoms with Crippen molar-refractivity contribution in [3.05, 3.63) is 84.4 Å². The van der Waals surface area contributed by atoms with Crippen molar-refractivity contribution in [1.82, 2.24) is 0 Å². The summed E-state index contributed by atoms with van der Waals surface area (Å²) in [6, 6.07) is 24.6. The molecule has 0 saturated carbocycles. The molecule has 0 fully saturated rings. The molecule has 0 aliphatic carbocycles. The van der Waals surface area contributed by atoms with Crippen LogP contribution in [-0.2, 0) is 11.2 Å². The van der Waals surface area contributed by atoms with Crippen molar-refractivity contribution in [2.75, 3.05) is 25.6 Å². The van der Waals surface area contributed by atoms with Crippen LogP contribution in [0.2, 0.25) is 0 Å². The summed E-state index contributed by atoms with van der Waals surface area (Å²) in [6.45, 7) is 0.535. The Bertz CT molecular complexity index is 861. The Morgan fingerprint density at radius 1 is 0.786 bits per heavy atom. The van der Waals surface area contributed by atoms with Gasteiger partial charge in [-0.25, -0.2) is 0 Å². The highest BCUT2D eigenvalue weighted by Crippen LogP contribution is 2.18. The predicted molar refractivity (Wildman–Crippen MR) is 109 cm³/mol. The quantitative estimate of drug-likeness (QED) is 0.603. The molecular formula is C23H23NO4. The van der Waals surface area contributed by atoms with Gasteiger partial charge in [-0.3, -0.25) is 4.79 Å². The van der Waals surface area contributed by atoms with E-state index in [1.165, 1.54) is 5.56 Å². The number of nitrogens with one attached hydrogen (secondary N) is 1. The molecule has 28 heavy (non-hydrogen) atoms. The molecule has 0 bridgehead atoms. The van der Waals surface area contributed by atoms with Crippen molar-refractivity contribution in [3.8, 4) is 17.2 Å². The number of carbonyl (C=O) groups is 1. The minimum Gasteiger partial charge on any atom is -0.497 e. The molecule has 0 unspecified atom stereocenters. The van der Waals surface area contributed by atoms with Crippen LogP contribution in [0.4, 0.5) is 5.69 Å². The van der Waals surface area contributed by atoms with E-state index in [9.17, 15) is 4.79 Å². The van der Waals surface area contributed by atoms with Crippen LogP contribution in [0.5, 0.6) is 17.2 Å². The van der Waals surface area contributed by atoms with Crippen molar-refractivity contribution in [2.24, 2.45) is 0 Å². The van der Waals surface area contributed by atoms with Crippen LogP contribution in [0.1, 0.15) is 5.56 Å². The molecule has 5 heteroatoms. The average Bonchev–Trinajstić information content (AvgIpc) is 2.75. The van der Waals surface area contributed by atoms with Gasteiger partial charge < -0.3 is 19.5 Å². The number of ether oxygens (including phenoxy) is 3. The van der Waals surface area contributed by atoms with Gasteiger partial charge in [0, 0.05) is 12.1 Å². The minimum atomic E-state index is -0.228. The van der Waals surface area contributed by atoms with Crippen LogP contribution in [0.15, 0.2) is 78.9 Å². The second kappa shape index (κ2) is 10.0. The number of anilines is 1. The molecule has 0 radical (unpaired) electrons. The van der Waals surface area contributed by atoms with E-state index in [0.717, 1.165) is 17.9 Å². The van der Waals surface area contributed by atoms with E-state index >= 15 is 0 Å². The molecule has 0 atom stereocenters. The summed E-state index contributed by atoms with van der Waals surface area (Å²) in [4.78, 5) is 12.0. The molecule has 3 aromatic rings. The molecule has 0 aliphatic rings. The van der Waals surface area contributed by atoms with Crippen LogP contribution < -0.4 is 19.5 Å². The normalized spacial score (nSPS) is 10.2. The second-order valence-corrected chi connectivity index (χ2v) is 6.12. The van der Waals surface area contributed by atoms with E-state index < -0.39 is 0 Å². The molecule has 0 aliphatic heterocycles. The third-order valence-electron chi connectivity index (χ3n) is 4.07. The number of rotatable bonds is 9. The van der Waals surface area contributed by atoms with Gasteiger partial charge in [-0.1, -0.05) is 30.3 Å². The average molecular weight is 377 g/mol. The van der Waals surface area contributed by atoms with Gasteiger partial charge in [0.1, 0.15) is 17.2 Å². The van der Waals surface area contributed by atoms with Crippen molar-refractivity contribution in [2.45, 2.75) is 6.42 Å². The number of benzene rings is 3. The Hall–Kier alpha value is -3.47.